The number of hydrogen-bond acceptors (Lipinski definition) is 1. The lowest BCUT2D eigenvalue weighted by Gasteiger charge is -1.99. The van der Waals surface area contributed by atoms with E-state index < -0.39 is 5.38 Å². The van der Waals surface area contributed by atoms with Crippen molar-refractivity contribution in [3.8, 4) is 0 Å². The molecule has 0 heterocycles. The van der Waals surface area contributed by atoms with E-state index in [1.165, 1.54) is 0 Å². The molecular weight excluding hydrogens is 135 g/mol. The molecule has 1 nitrogen and oxygen atoms in total. The molecule has 0 amide bonds. The summed E-state index contributed by atoms with van der Waals surface area (Å²) >= 11 is 10.7. The maximum absolute atomic E-state index is 9.73. The van der Waals surface area contributed by atoms with Crippen molar-refractivity contribution < 1.29 is 4.79 Å². The third-order valence-corrected chi connectivity index (χ3v) is 1.45. The highest BCUT2D eigenvalue weighted by atomic mass is 35.5. The van der Waals surface area contributed by atoms with E-state index in [1.54, 1.807) is 6.92 Å². The molecule has 0 aromatic carbocycles. The van der Waals surface area contributed by atoms with Crippen LogP contribution in [-0.2, 0) is 4.79 Å². The van der Waals surface area contributed by atoms with Crippen molar-refractivity contribution in [3.05, 3.63) is 0 Å². The highest BCUT2D eigenvalue weighted by Gasteiger charge is 2.07. The van der Waals surface area contributed by atoms with Crippen LogP contribution >= 0.6 is 23.2 Å². The van der Waals surface area contributed by atoms with Gasteiger partial charge in [-0.1, -0.05) is 0 Å². The number of carbonyl (C=O) groups excluding carboxylic acids is 1. The van der Waals surface area contributed by atoms with E-state index in [2.05, 4.69) is 0 Å². The quantitative estimate of drug-likeness (QED) is 0.419. The fourth-order valence-corrected chi connectivity index (χ4v) is 0.168. The van der Waals surface area contributed by atoms with Gasteiger partial charge in [-0.2, -0.15) is 0 Å². The third kappa shape index (κ3) is 2.89. The summed E-state index contributed by atoms with van der Waals surface area (Å²) in [6.07, 6.45) is 0.624. The second-order valence-corrected chi connectivity index (χ2v) is 2.45. The van der Waals surface area contributed by atoms with Crippen molar-refractivity contribution in [2.75, 3.05) is 0 Å². The monoisotopic (exact) mass is 140 g/mol. The first kappa shape index (κ1) is 7.25. The van der Waals surface area contributed by atoms with Crippen LogP contribution in [0.5, 0.6) is 0 Å². The molecule has 0 unspecified atom stereocenters. The Labute approximate surface area is 52.6 Å². The SMILES string of the molecule is C[C@H](Cl)[C@@H](Cl)C=O. The number of alkyl halides is 2. The van der Waals surface area contributed by atoms with Gasteiger partial charge in [-0.05, 0) is 6.92 Å². The number of halogens is 2. The van der Waals surface area contributed by atoms with Crippen molar-refractivity contribution in [1.29, 1.82) is 0 Å². The molecule has 0 saturated heterocycles. The first-order valence-electron chi connectivity index (χ1n) is 1.92. The molecule has 0 aliphatic carbocycles. The van der Waals surface area contributed by atoms with Crippen LogP contribution < -0.4 is 0 Å². The van der Waals surface area contributed by atoms with Crippen molar-refractivity contribution in [3.63, 3.8) is 0 Å². The van der Waals surface area contributed by atoms with Crippen LogP contribution in [0.15, 0.2) is 0 Å². The van der Waals surface area contributed by atoms with Gasteiger partial charge in [0.05, 0.1) is 5.38 Å². The molecule has 0 aliphatic rings. The van der Waals surface area contributed by atoms with Gasteiger partial charge in [-0.3, -0.25) is 0 Å². The summed E-state index contributed by atoms with van der Waals surface area (Å²) in [5, 5.41) is -0.805. The first-order chi connectivity index (χ1) is 3.18. The molecule has 2 atom stereocenters. The Kier molecular flexibility index (Phi) is 3.39. The minimum atomic E-state index is -0.540. The van der Waals surface area contributed by atoms with Gasteiger partial charge in [-0.15, -0.1) is 23.2 Å². The molecule has 0 fully saturated rings. The molecule has 0 N–H and O–H groups in total. The predicted octanol–water partition coefficient (Wildman–Crippen LogP) is 1.42. The van der Waals surface area contributed by atoms with Crippen LogP contribution in [0.25, 0.3) is 0 Å². The van der Waals surface area contributed by atoms with Crippen molar-refractivity contribution in [1.82, 2.24) is 0 Å². The van der Waals surface area contributed by atoms with Crippen LogP contribution in [0.2, 0.25) is 0 Å². The maximum Gasteiger partial charge on any atom is 0.139 e. The minimum absolute atomic E-state index is 0.265. The molecule has 0 spiro atoms. The zero-order valence-electron chi connectivity index (χ0n) is 3.90. The Morgan fingerprint density at radius 3 is 2.00 bits per heavy atom. The Balaban J connectivity index is 3.33. The summed E-state index contributed by atoms with van der Waals surface area (Å²) in [6.45, 7) is 1.67. The normalized spacial score (nSPS) is 18.1. The van der Waals surface area contributed by atoms with E-state index in [0.29, 0.717) is 6.29 Å². The third-order valence-electron chi connectivity index (χ3n) is 0.569. The van der Waals surface area contributed by atoms with Gasteiger partial charge in [0.15, 0.2) is 0 Å². The summed E-state index contributed by atoms with van der Waals surface area (Å²) < 4.78 is 0. The van der Waals surface area contributed by atoms with E-state index >= 15 is 0 Å². The zero-order chi connectivity index (χ0) is 5.86. The molecule has 0 rings (SSSR count). The topological polar surface area (TPSA) is 17.1 Å². The minimum Gasteiger partial charge on any atom is -0.302 e. The highest BCUT2D eigenvalue weighted by molar-refractivity contribution is 6.34. The Bertz CT molecular complexity index is 62.7. The van der Waals surface area contributed by atoms with E-state index in [-0.39, 0.29) is 5.38 Å². The maximum atomic E-state index is 9.73. The largest absolute Gasteiger partial charge is 0.302 e. The zero-order valence-corrected chi connectivity index (χ0v) is 5.41. The van der Waals surface area contributed by atoms with Crippen LogP contribution in [0.4, 0.5) is 0 Å². The van der Waals surface area contributed by atoms with E-state index in [4.69, 9.17) is 23.2 Å². The van der Waals surface area contributed by atoms with E-state index in [1.807, 2.05) is 0 Å². The predicted molar refractivity (Wildman–Crippen MR) is 31.0 cm³/mol. The molecule has 0 aromatic heterocycles. The van der Waals surface area contributed by atoms with Gasteiger partial charge in [0.1, 0.15) is 11.7 Å². The van der Waals surface area contributed by atoms with Crippen molar-refractivity contribution in [2.45, 2.75) is 17.7 Å². The Hall–Kier alpha value is 0.250. The summed E-state index contributed by atoms with van der Waals surface area (Å²) in [7, 11) is 0. The Morgan fingerprint density at radius 1 is 1.57 bits per heavy atom. The molecule has 7 heavy (non-hydrogen) atoms. The van der Waals surface area contributed by atoms with Gasteiger partial charge >= 0.3 is 0 Å². The molecule has 3 heteroatoms. The molecule has 0 bridgehead atoms. The second kappa shape index (κ2) is 3.28. The first-order valence-corrected chi connectivity index (χ1v) is 2.79. The summed E-state index contributed by atoms with van der Waals surface area (Å²) in [4.78, 5) is 9.73. The number of carbonyl (C=O) groups is 1. The average molecular weight is 141 g/mol. The lowest BCUT2D eigenvalue weighted by atomic mass is 10.4. The van der Waals surface area contributed by atoms with Gasteiger partial charge in [0, 0.05) is 0 Å². The van der Waals surface area contributed by atoms with Crippen LogP contribution in [-0.4, -0.2) is 17.0 Å². The van der Waals surface area contributed by atoms with Crippen LogP contribution in [0.3, 0.4) is 0 Å². The molecular formula is C4H6Cl2O. The smallest absolute Gasteiger partial charge is 0.139 e. The standard InChI is InChI=1S/C4H6Cl2O/c1-3(5)4(6)2-7/h2-4H,1H3/t3-,4-/m0/s1. The average Bonchev–Trinajstić information content (AvgIpc) is 1.65. The number of rotatable bonds is 2. The van der Waals surface area contributed by atoms with E-state index in [0.717, 1.165) is 0 Å². The van der Waals surface area contributed by atoms with Gasteiger partial charge in [-0.25, -0.2) is 0 Å². The molecule has 0 aliphatic heterocycles. The molecule has 0 radical (unpaired) electrons. The second-order valence-electron chi connectivity index (χ2n) is 1.26. The van der Waals surface area contributed by atoms with Gasteiger partial charge in [0.2, 0.25) is 0 Å². The summed E-state index contributed by atoms with van der Waals surface area (Å²) in [5.74, 6) is 0. The fraction of sp³-hybridized carbons (Fsp3) is 0.750. The fourth-order valence-electron chi connectivity index (χ4n) is 0.108. The van der Waals surface area contributed by atoms with Crippen molar-refractivity contribution in [2.24, 2.45) is 0 Å². The number of aldehydes is 1. The van der Waals surface area contributed by atoms with Gasteiger partial charge in [0.25, 0.3) is 0 Å². The van der Waals surface area contributed by atoms with Crippen LogP contribution in [0, 0.1) is 0 Å². The Morgan fingerprint density at radius 2 is 2.00 bits per heavy atom. The summed E-state index contributed by atoms with van der Waals surface area (Å²) in [5.41, 5.74) is 0. The summed E-state index contributed by atoms with van der Waals surface area (Å²) in [6, 6.07) is 0. The van der Waals surface area contributed by atoms with Crippen molar-refractivity contribution >= 4 is 29.5 Å². The lowest BCUT2D eigenvalue weighted by molar-refractivity contribution is -0.107. The highest BCUT2D eigenvalue weighted by Crippen LogP contribution is 2.04. The molecule has 42 valence electrons. The van der Waals surface area contributed by atoms with Crippen LogP contribution in [0.1, 0.15) is 6.92 Å². The molecule has 0 aromatic rings. The van der Waals surface area contributed by atoms with E-state index in [9.17, 15) is 4.79 Å². The lowest BCUT2D eigenvalue weighted by Crippen LogP contribution is -2.11. The number of hydrogen-bond donors (Lipinski definition) is 0. The van der Waals surface area contributed by atoms with Gasteiger partial charge < -0.3 is 4.79 Å². The molecule has 0 saturated carbocycles.